The van der Waals surface area contributed by atoms with Crippen LogP contribution in [0.1, 0.15) is 27.8 Å². The maximum atomic E-state index is 10.6. The summed E-state index contributed by atoms with van der Waals surface area (Å²) >= 11 is 0. The molecule has 0 aromatic heterocycles. The summed E-state index contributed by atoms with van der Waals surface area (Å²) in [6, 6.07) is 29.4. The van der Waals surface area contributed by atoms with E-state index in [-0.39, 0.29) is 34.3 Å². The average molecular weight is 514 g/mol. The molecule has 0 aliphatic heterocycles. The van der Waals surface area contributed by atoms with Crippen molar-refractivity contribution in [2.24, 2.45) is 9.98 Å². The minimum absolute atomic E-state index is 0. The number of phenolic OH excluding ortho intramolecular Hbond substituents is 3. The van der Waals surface area contributed by atoms with Crippen LogP contribution in [0.15, 0.2) is 107 Å². The van der Waals surface area contributed by atoms with Crippen molar-refractivity contribution < 1.29 is 32.4 Å². The van der Waals surface area contributed by atoms with Crippen LogP contribution in [0, 0.1) is 6.92 Å². The van der Waals surface area contributed by atoms with E-state index >= 15 is 0 Å². The molecule has 0 unspecified atom stereocenters. The maximum absolute atomic E-state index is 10.6. The summed E-state index contributed by atoms with van der Waals surface area (Å²) in [6.45, 7) is 2.68. The zero-order valence-corrected chi connectivity index (χ0v) is 20.1. The summed E-state index contributed by atoms with van der Waals surface area (Å²) in [5, 5.41) is 30.7. The van der Waals surface area contributed by atoms with Crippen LogP contribution in [-0.2, 0) is 17.1 Å². The van der Waals surface area contributed by atoms with Gasteiger partial charge in [0.05, 0.1) is 24.5 Å². The van der Waals surface area contributed by atoms with E-state index in [1.807, 2.05) is 79.7 Å². The molecular formula is C29H26CuN2O3. The molecule has 0 saturated carbocycles. The molecule has 0 aliphatic carbocycles. The SMILES string of the molecule is Cc1ccc(C(=NCCN=C(c2ccccc2)c2ccc(O)cc2O)c2ccccc2)c(O)c1.[Cu]. The van der Waals surface area contributed by atoms with Crippen LogP contribution >= 0.6 is 0 Å². The van der Waals surface area contributed by atoms with Gasteiger partial charge in [-0.3, -0.25) is 9.98 Å². The molecule has 35 heavy (non-hydrogen) atoms. The Bertz CT molecular complexity index is 1230. The van der Waals surface area contributed by atoms with Crippen LogP contribution in [0.2, 0.25) is 0 Å². The van der Waals surface area contributed by atoms with E-state index in [9.17, 15) is 15.3 Å². The topological polar surface area (TPSA) is 85.4 Å². The molecule has 0 spiro atoms. The van der Waals surface area contributed by atoms with Crippen molar-refractivity contribution in [1.29, 1.82) is 0 Å². The van der Waals surface area contributed by atoms with E-state index in [1.54, 1.807) is 12.1 Å². The molecule has 1 radical (unpaired) electrons. The van der Waals surface area contributed by atoms with E-state index < -0.39 is 0 Å². The Balaban J connectivity index is 0.00000342. The fourth-order valence-electron chi connectivity index (χ4n) is 3.74. The van der Waals surface area contributed by atoms with Crippen LogP contribution < -0.4 is 0 Å². The maximum Gasteiger partial charge on any atom is 0.128 e. The summed E-state index contributed by atoms with van der Waals surface area (Å²) in [7, 11) is 0. The second-order valence-electron chi connectivity index (χ2n) is 7.91. The molecule has 6 heteroatoms. The van der Waals surface area contributed by atoms with E-state index in [0.29, 0.717) is 35.6 Å². The van der Waals surface area contributed by atoms with Crippen molar-refractivity contribution >= 4 is 11.4 Å². The molecule has 4 aromatic carbocycles. The number of nitrogens with zero attached hydrogens (tertiary/aromatic N) is 2. The summed E-state index contributed by atoms with van der Waals surface area (Å²) in [5.41, 5.74) is 5.25. The molecule has 181 valence electrons. The quantitative estimate of drug-likeness (QED) is 0.174. The molecule has 0 heterocycles. The number of rotatable bonds is 7. The largest absolute Gasteiger partial charge is 0.508 e. The van der Waals surface area contributed by atoms with Crippen LogP contribution in [0.3, 0.4) is 0 Å². The molecule has 0 aliphatic rings. The Labute approximate surface area is 215 Å². The van der Waals surface area contributed by atoms with Gasteiger partial charge in [-0.15, -0.1) is 0 Å². The molecule has 0 bridgehead atoms. The standard InChI is InChI=1S/C29H26N2O3.Cu/c1-20-12-14-24(26(33)18-20)28(21-8-4-2-5-9-21)30-16-17-31-29(22-10-6-3-7-11-22)25-15-13-23(32)19-27(25)34;/h2-15,18-19,32-34H,16-17H2,1H3;. The third-order valence-corrected chi connectivity index (χ3v) is 5.38. The Kier molecular flexibility index (Phi) is 8.85. The molecule has 4 aromatic rings. The summed E-state index contributed by atoms with van der Waals surface area (Å²) in [5.74, 6) is 0.134. The number of hydrogen-bond acceptors (Lipinski definition) is 5. The summed E-state index contributed by atoms with van der Waals surface area (Å²) < 4.78 is 0. The number of benzene rings is 4. The van der Waals surface area contributed by atoms with E-state index in [4.69, 9.17) is 9.98 Å². The van der Waals surface area contributed by atoms with Crippen LogP contribution in [0.25, 0.3) is 0 Å². The van der Waals surface area contributed by atoms with E-state index in [2.05, 4.69) is 0 Å². The van der Waals surface area contributed by atoms with Crippen LogP contribution in [0.4, 0.5) is 0 Å². The Hall–Kier alpha value is -3.86. The van der Waals surface area contributed by atoms with Gasteiger partial charge in [-0.05, 0) is 36.8 Å². The average Bonchev–Trinajstić information content (AvgIpc) is 2.84. The number of aromatic hydroxyl groups is 3. The Morgan fingerprint density at radius 2 is 1.06 bits per heavy atom. The molecule has 0 saturated heterocycles. The normalized spacial score (nSPS) is 11.7. The minimum atomic E-state index is -0.0411. The van der Waals surface area contributed by atoms with Gasteiger partial charge in [-0.1, -0.05) is 66.7 Å². The van der Waals surface area contributed by atoms with Crippen molar-refractivity contribution in [3.05, 3.63) is 125 Å². The smallest absolute Gasteiger partial charge is 0.128 e. The van der Waals surface area contributed by atoms with Crippen molar-refractivity contribution in [2.45, 2.75) is 6.92 Å². The Morgan fingerprint density at radius 3 is 1.51 bits per heavy atom. The van der Waals surface area contributed by atoms with Gasteiger partial charge in [-0.2, -0.15) is 0 Å². The molecule has 5 nitrogen and oxygen atoms in total. The first-order valence-corrected chi connectivity index (χ1v) is 11.0. The van der Waals surface area contributed by atoms with Crippen LogP contribution in [0.5, 0.6) is 17.2 Å². The third-order valence-electron chi connectivity index (χ3n) is 5.38. The van der Waals surface area contributed by atoms with Gasteiger partial charge in [0.25, 0.3) is 0 Å². The van der Waals surface area contributed by atoms with Crippen molar-refractivity contribution in [3.8, 4) is 17.2 Å². The van der Waals surface area contributed by atoms with Gasteiger partial charge in [0.2, 0.25) is 0 Å². The van der Waals surface area contributed by atoms with Gasteiger partial charge in [0, 0.05) is 45.4 Å². The summed E-state index contributed by atoms with van der Waals surface area (Å²) in [4.78, 5) is 9.55. The van der Waals surface area contributed by atoms with Gasteiger partial charge in [0.1, 0.15) is 17.2 Å². The molecular weight excluding hydrogens is 488 g/mol. The monoisotopic (exact) mass is 513 g/mol. The second-order valence-corrected chi connectivity index (χ2v) is 7.91. The number of aryl methyl sites for hydroxylation is 1. The zero-order valence-electron chi connectivity index (χ0n) is 19.2. The predicted molar refractivity (Wildman–Crippen MR) is 137 cm³/mol. The summed E-state index contributed by atoms with van der Waals surface area (Å²) in [6.07, 6.45) is 0. The minimum Gasteiger partial charge on any atom is -0.508 e. The fraction of sp³-hybridized carbons (Fsp3) is 0.103. The predicted octanol–water partition coefficient (Wildman–Crippen LogP) is 5.48. The third kappa shape index (κ3) is 6.38. The van der Waals surface area contributed by atoms with Gasteiger partial charge < -0.3 is 15.3 Å². The molecule has 4 rings (SSSR count). The van der Waals surface area contributed by atoms with E-state index in [1.165, 1.54) is 12.1 Å². The molecule has 0 fully saturated rings. The van der Waals surface area contributed by atoms with Crippen molar-refractivity contribution in [2.75, 3.05) is 13.1 Å². The van der Waals surface area contributed by atoms with Crippen molar-refractivity contribution in [1.82, 2.24) is 0 Å². The fourth-order valence-corrected chi connectivity index (χ4v) is 3.74. The zero-order chi connectivity index (χ0) is 23.9. The second kappa shape index (κ2) is 12.0. The first kappa shape index (κ1) is 25.8. The van der Waals surface area contributed by atoms with Gasteiger partial charge in [-0.25, -0.2) is 0 Å². The first-order valence-electron chi connectivity index (χ1n) is 11.0. The first-order chi connectivity index (χ1) is 16.5. The number of hydrogen-bond donors (Lipinski definition) is 3. The van der Waals surface area contributed by atoms with Crippen molar-refractivity contribution in [3.63, 3.8) is 0 Å². The van der Waals surface area contributed by atoms with E-state index in [0.717, 1.165) is 16.7 Å². The van der Waals surface area contributed by atoms with Gasteiger partial charge >= 0.3 is 0 Å². The number of aliphatic imine (C=N–C) groups is 2. The number of phenols is 3. The van der Waals surface area contributed by atoms with Crippen LogP contribution in [-0.4, -0.2) is 39.8 Å². The molecule has 3 N–H and O–H groups in total. The Morgan fingerprint density at radius 1 is 0.600 bits per heavy atom. The molecule has 0 amide bonds. The molecule has 0 atom stereocenters. The van der Waals surface area contributed by atoms with Gasteiger partial charge in [0.15, 0.2) is 0 Å².